The molecule has 0 saturated carbocycles. The number of anilines is 1. The van der Waals surface area contributed by atoms with Gasteiger partial charge in [0.15, 0.2) is 5.78 Å². The molecule has 1 aliphatic carbocycles. The highest BCUT2D eigenvalue weighted by molar-refractivity contribution is 7.17. The highest BCUT2D eigenvalue weighted by Crippen LogP contribution is 2.44. The summed E-state index contributed by atoms with van der Waals surface area (Å²) in [7, 11) is 0. The van der Waals surface area contributed by atoms with Crippen LogP contribution in [-0.4, -0.2) is 107 Å². The SMILES string of the molecule is CC(C)(C)OC(=O)N1CCCN(C(=O)c2ccc(-c3n[nH]c4c3C(=O)c3c(NC(=O)NN5CCOCC5)cccc3-4)s2)CC1. The van der Waals surface area contributed by atoms with Crippen LogP contribution in [0.2, 0.25) is 0 Å². The van der Waals surface area contributed by atoms with Crippen molar-refractivity contribution in [1.82, 2.24) is 30.4 Å². The third-order valence-electron chi connectivity index (χ3n) is 7.56. The molecule has 4 heterocycles. The molecular formula is C30H35N7O6S. The maximum absolute atomic E-state index is 13.8. The summed E-state index contributed by atoms with van der Waals surface area (Å²) in [6.45, 7) is 9.52. The number of aromatic nitrogens is 2. The molecule has 4 amide bonds. The fourth-order valence-electron chi connectivity index (χ4n) is 5.51. The number of thiophene rings is 1. The van der Waals surface area contributed by atoms with Gasteiger partial charge in [0.05, 0.1) is 45.5 Å². The van der Waals surface area contributed by atoms with E-state index in [1.807, 2.05) is 26.8 Å². The zero-order chi connectivity index (χ0) is 31.0. The molecule has 232 valence electrons. The van der Waals surface area contributed by atoms with Crippen LogP contribution in [-0.2, 0) is 9.47 Å². The Labute approximate surface area is 258 Å². The van der Waals surface area contributed by atoms with Crippen LogP contribution in [0, 0.1) is 0 Å². The largest absolute Gasteiger partial charge is 0.444 e. The highest BCUT2D eigenvalue weighted by Gasteiger charge is 2.36. The molecule has 3 N–H and O–H groups in total. The number of ether oxygens (including phenoxy) is 2. The summed E-state index contributed by atoms with van der Waals surface area (Å²) in [5.41, 5.74) is 5.10. The van der Waals surface area contributed by atoms with Crippen molar-refractivity contribution in [3.05, 3.63) is 46.3 Å². The molecule has 14 heteroatoms. The number of fused-ring (bicyclic) bond motifs is 3. The summed E-state index contributed by atoms with van der Waals surface area (Å²) in [6.07, 6.45) is 0.267. The van der Waals surface area contributed by atoms with Gasteiger partial charge >= 0.3 is 12.1 Å². The Hall–Kier alpha value is -4.27. The summed E-state index contributed by atoms with van der Waals surface area (Å²) in [5, 5.41) is 12.0. The molecular weight excluding hydrogens is 586 g/mol. The maximum atomic E-state index is 13.8. The summed E-state index contributed by atoms with van der Waals surface area (Å²) < 4.78 is 10.8. The van der Waals surface area contributed by atoms with Gasteiger partial charge in [-0.25, -0.2) is 14.6 Å². The number of rotatable bonds is 4. The third kappa shape index (κ3) is 6.05. The molecule has 2 aliphatic heterocycles. The van der Waals surface area contributed by atoms with E-state index >= 15 is 0 Å². The monoisotopic (exact) mass is 621 g/mol. The Morgan fingerprint density at radius 2 is 1.73 bits per heavy atom. The first-order chi connectivity index (χ1) is 21.1. The number of morpholine rings is 1. The standard InChI is InChI=1S/C30H35N7O6S/c1-30(2,3)43-29(41)36-11-5-10-35(12-13-36)27(39)21-9-8-20(44-21)25-23-24(32-33-25)18-6-4-7-19(22(18)26(23)38)31-28(40)34-37-14-16-42-17-15-37/h4,6-9H,5,10-17H2,1-3H3,(H,32,33)(H2,31,34,40). The van der Waals surface area contributed by atoms with Crippen LogP contribution in [0.15, 0.2) is 30.3 Å². The topological polar surface area (TPSA) is 149 Å². The number of nitrogens with zero attached hydrogens (tertiary/aromatic N) is 4. The molecule has 1 aromatic carbocycles. The van der Waals surface area contributed by atoms with Crippen molar-refractivity contribution in [1.29, 1.82) is 0 Å². The molecule has 3 aromatic rings. The Morgan fingerprint density at radius 3 is 2.50 bits per heavy atom. The number of H-pyrrole nitrogens is 1. The van der Waals surface area contributed by atoms with E-state index in [1.54, 1.807) is 39.1 Å². The van der Waals surface area contributed by atoms with E-state index in [-0.39, 0.29) is 17.8 Å². The number of carbonyl (C=O) groups is 4. The molecule has 3 aliphatic rings. The van der Waals surface area contributed by atoms with E-state index in [0.717, 1.165) is 0 Å². The summed E-state index contributed by atoms with van der Waals surface area (Å²) in [5.74, 6) is -0.385. The number of carbonyl (C=O) groups excluding carboxylic acids is 4. The van der Waals surface area contributed by atoms with Crippen LogP contribution in [0.1, 0.15) is 52.8 Å². The highest BCUT2D eigenvalue weighted by atomic mass is 32.1. The second kappa shape index (κ2) is 12.0. The van der Waals surface area contributed by atoms with Crippen molar-refractivity contribution < 1.29 is 28.7 Å². The lowest BCUT2D eigenvalue weighted by molar-refractivity contribution is 0.0207. The molecule has 44 heavy (non-hydrogen) atoms. The number of benzene rings is 1. The second-order valence-corrected chi connectivity index (χ2v) is 12.9. The minimum absolute atomic E-state index is 0.133. The van der Waals surface area contributed by atoms with Gasteiger partial charge in [-0.15, -0.1) is 11.3 Å². The number of hydrogen-bond acceptors (Lipinski definition) is 9. The van der Waals surface area contributed by atoms with E-state index in [2.05, 4.69) is 20.9 Å². The minimum Gasteiger partial charge on any atom is -0.444 e. The van der Waals surface area contributed by atoms with Gasteiger partial charge in [0, 0.05) is 44.8 Å². The van der Waals surface area contributed by atoms with Crippen LogP contribution in [0.5, 0.6) is 0 Å². The number of ketones is 1. The lowest BCUT2D eigenvalue weighted by Gasteiger charge is -2.27. The number of urea groups is 1. The number of hydrogen-bond donors (Lipinski definition) is 3. The average Bonchev–Trinajstić information content (AvgIpc) is 3.64. The average molecular weight is 622 g/mol. The Kier molecular flexibility index (Phi) is 8.14. The fraction of sp³-hybridized carbons (Fsp3) is 0.433. The molecule has 2 aromatic heterocycles. The van der Waals surface area contributed by atoms with Gasteiger partial charge in [-0.2, -0.15) is 5.10 Å². The van der Waals surface area contributed by atoms with E-state index in [1.165, 1.54) is 11.3 Å². The number of nitrogens with one attached hydrogen (secondary N) is 3. The van der Waals surface area contributed by atoms with Crippen molar-refractivity contribution in [3.63, 3.8) is 0 Å². The number of amides is 4. The lowest BCUT2D eigenvalue weighted by Crippen LogP contribution is -2.49. The first-order valence-corrected chi connectivity index (χ1v) is 15.4. The molecule has 0 bridgehead atoms. The molecule has 13 nitrogen and oxygen atoms in total. The van der Waals surface area contributed by atoms with Gasteiger partial charge in [0.2, 0.25) is 0 Å². The van der Waals surface area contributed by atoms with E-state index in [4.69, 9.17) is 9.47 Å². The minimum atomic E-state index is -0.586. The molecule has 2 saturated heterocycles. The van der Waals surface area contributed by atoms with E-state index in [0.29, 0.717) is 102 Å². The van der Waals surface area contributed by atoms with Gasteiger partial charge < -0.3 is 24.6 Å². The maximum Gasteiger partial charge on any atom is 0.410 e. The zero-order valence-electron chi connectivity index (χ0n) is 24.9. The fourth-order valence-corrected chi connectivity index (χ4v) is 6.48. The van der Waals surface area contributed by atoms with Gasteiger partial charge in [-0.1, -0.05) is 12.1 Å². The van der Waals surface area contributed by atoms with Gasteiger partial charge in [0.25, 0.3) is 5.91 Å². The molecule has 2 fully saturated rings. The summed E-state index contributed by atoms with van der Waals surface area (Å²) in [6, 6.07) is 8.39. The first kappa shape index (κ1) is 29.8. The first-order valence-electron chi connectivity index (χ1n) is 14.6. The number of hydrazine groups is 1. The number of aromatic amines is 1. The van der Waals surface area contributed by atoms with Crippen molar-refractivity contribution >= 4 is 40.8 Å². The Morgan fingerprint density at radius 1 is 0.977 bits per heavy atom. The summed E-state index contributed by atoms with van der Waals surface area (Å²) in [4.78, 5) is 57.1. The van der Waals surface area contributed by atoms with Gasteiger partial charge in [-0.3, -0.25) is 20.1 Å². The summed E-state index contributed by atoms with van der Waals surface area (Å²) >= 11 is 1.27. The molecule has 0 unspecified atom stereocenters. The molecule has 6 rings (SSSR count). The van der Waals surface area contributed by atoms with Crippen LogP contribution in [0.4, 0.5) is 15.3 Å². The van der Waals surface area contributed by atoms with Crippen molar-refractivity contribution in [2.75, 3.05) is 57.8 Å². The molecule has 0 atom stereocenters. The van der Waals surface area contributed by atoms with E-state index in [9.17, 15) is 19.2 Å². The Bertz CT molecular complexity index is 1600. The van der Waals surface area contributed by atoms with Gasteiger partial charge in [0.1, 0.15) is 11.3 Å². The van der Waals surface area contributed by atoms with Crippen molar-refractivity contribution in [3.8, 4) is 21.8 Å². The Balaban J connectivity index is 1.15. The normalized spacial score (nSPS) is 17.1. The smallest absolute Gasteiger partial charge is 0.410 e. The van der Waals surface area contributed by atoms with Crippen LogP contribution in [0.3, 0.4) is 0 Å². The van der Waals surface area contributed by atoms with Crippen LogP contribution < -0.4 is 10.7 Å². The van der Waals surface area contributed by atoms with Crippen LogP contribution in [0.25, 0.3) is 21.8 Å². The van der Waals surface area contributed by atoms with E-state index < -0.39 is 11.6 Å². The predicted molar refractivity (Wildman–Crippen MR) is 164 cm³/mol. The van der Waals surface area contributed by atoms with Gasteiger partial charge in [-0.05, 0) is 45.4 Å². The quantitative estimate of drug-likeness (QED) is 0.312. The third-order valence-corrected chi connectivity index (χ3v) is 8.64. The predicted octanol–water partition coefficient (Wildman–Crippen LogP) is 3.80. The van der Waals surface area contributed by atoms with Crippen molar-refractivity contribution in [2.24, 2.45) is 0 Å². The van der Waals surface area contributed by atoms with Crippen LogP contribution >= 0.6 is 11.3 Å². The lowest BCUT2D eigenvalue weighted by atomic mass is 10.1. The molecule has 0 spiro atoms. The van der Waals surface area contributed by atoms with Crippen molar-refractivity contribution in [2.45, 2.75) is 32.8 Å². The zero-order valence-corrected chi connectivity index (χ0v) is 25.7. The molecule has 0 radical (unpaired) electrons. The second-order valence-electron chi connectivity index (χ2n) is 11.8.